The van der Waals surface area contributed by atoms with Crippen LogP contribution >= 0.6 is 0 Å². The first-order valence-electron chi connectivity index (χ1n) is 20.7. The van der Waals surface area contributed by atoms with Crippen molar-refractivity contribution in [2.75, 3.05) is 4.90 Å². The molecule has 0 bridgehead atoms. The minimum absolute atomic E-state index is 0.883. The summed E-state index contributed by atoms with van der Waals surface area (Å²) in [5, 5.41) is 6.97. The van der Waals surface area contributed by atoms with Crippen molar-refractivity contribution in [3.8, 4) is 44.5 Å². The summed E-state index contributed by atoms with van der Waals surface area (Å²) in [6.07, 6.45) is 0. The predicted octanol–water partition coefficient (Wildman–Crippen LogP) is 16.8. The molecule has 0 N–H and O–H groups in total. The van der Waals surface area contributed by atoms with Crippen LogP contribution in [0.2, 0.25) is 0 Å². The van der Waals surface area contributed by atoms with Crippen LogP contribution in [0.15, 0.2) is 233 Å². The zero-order chi connectivity index (χ0) is 40.3. The first-order valence-corrected chi connectivity index (χ1v) is 20.7. The van der Waals surface area contributed by atoms with E-state index in [2.05, 4.69) is 205 Å². The van der Waals surface area contributed by atoms with Crippen molar-refractivity contribution in [2.24, 2.45) is 0 Å². The van der Waals surface area contributed by atoms with Crippen molar-refractivity contribution in [1.29, 1.82) is 0 Å². The number of nitrogens with zero attached hydrogens (tertiary/aromatic N) is 1. The van der Waals surface area contributed by atoms with Crippen molar-refractivity contribution >= 4 is 71.7 Å². The van der Waals surface area contributed by atoms with Crippen molar-refractivity contribution in [1.82, 2.24) is 0 Å². The van der Waals surface area contributed by atoms with E-state index < -0.39 is 0 Å². The molecule has 0 amide bonds. The summed E-state index contributed by atoms with van der Waals surface area (Å²) in [6.45, 7) is 0. The SMILES string of the molecule is c1cc(-c2ccc(-c3cccc4ccccc34)cc2)cc(N(c2ccc(-c3ccc4oc5ccccc5c4c3)cc2)c2ccccc2-c2cccc3c2oc2ccccc23)c1. The molecule has 0 aliphatic rings. The lowest BCUT2D eigenvalue weighted by atomic mass is 9.96. The molecule has 0 atom stereocenters. The van der Waals surface area contributed by atoms with Gasteiger partial charge in [-0.25, -0.2) is 0 Å². The van der Waals surface area contributed by atoms with E-state index in [1.54, 1.807) is 0 Å². The molecular weight excluding hydrogens is 743 g/mol. The number of anilines is 3. The highest BCUT2D eigenvalue weighted by Gasteiger charge is 2.21. The Balaban J connectivity index is 0.985. The largest absolute Gasteiger partial charge is 0.456 e. The van der Waals surface area contributed by atoms with Gasteiger partial charge in [0.05, 0.1) is 5.69 Å². The lowest BCUT2D eigenvalue weighted by molar-refractivity contribution is 0.669. The Bertz CT molecular complexity index is 3590. The molecular formula is C58H37NO2. The van der Waals surface area contributed by atoms with Crippen LogP contribution in [-0.2, 0) is 0 Å². The molecule has 10 aromatic carbocycles. The maximum absolute atomic E-state index is 6.62. The number of rotatable bonds is 7. The number of furan rings is 2. The van der Waals surface area contributed by atoms with Crippen molar-refractivity contribution in [3.63, 3.8) is 0 Å². The van der Waals surface area contributed by atoms with Gasteiger partial charge in [0.15, 0.2) is 0 Å². The number of benzene rings is 10. The lowest BCUT2D eigenvalue weighted by Crippen LogP contribution is -2.11. The average Bonchev–Trinajstić information content (AvgIpc) is 3.90. The molecule has 0 saturated carbocycles. The van der Waals surface area contributed by atoms with E-state index in [1.807, 2.05) is 24.3 Å². The second kappa shape index (κ2) is 14.3. The second-order valence-corrected chi connectivity index (χ2v) is 15.6. The Kier molecular flexibility index (Phi) is 8.17. The molecule has 0 aliphatic heterocycles. The molecule has 3 nitrogen and oxygen atoms in total. The summed E-state index contributed by atoms with van der Waals surface area (Å²) < 4.78 is 12.8. The van der Waals surface area contributed by atoms with E-state index in [0.717, 1.165) is 94.3 Å². The molecule has 12 rings (SSSR count). The van der Waals surface area contributed by atoms with Crippen LogP contribution in [0.4, 0.5) is 17.1 Å². The molecule has 3 heteroatoms. The Hall–Kier alpha value is -8.14. The van der Waals surface area contributed by atoms with E-state index >= 15 is 0 Å². The zero-order valence-electron chi connectivity index (χ0n) is 33.1. The summed E-state index contributed by atoms with van der Waals surface area (Å²) in [5.74, 6) is 0. The average molecular weight is 780 g/mol. The third-order valence-electron chi connectivity index (χ3n) is 12.1. The van der Waals surface area contributed by atoms with Crippen LogP contribution in [0.25, 0.3) is 99.2 Å². The third-order valence-corrected chi connectivity index (χ3v) is 12.1. The number of fused-ring (bicyclic) bond motifs is 7. The maximum atomic E-state index is 6.62. The van der Waals surface area contributed by atoms with Crippen LogP contribution in [0.3, 0.4) is 0 Å². The van der Waals surface area contributed by atoms with E-state index in [-0.39, 0.29) is 0 Å². The zero-order valence-corrected chi connectivity index (χ0v) is 33.1. The Morgan fingerprint density at radius 3 is 1.66 bits per heavy atom. The van der Waals surface area contributed by atoms with Crippen molar-refractivity contribution < 1.29 is 8.83 Å². The summed E-state index contributed by atoms with van der Waals surface area (Å²) in [6, 6.07) is 80.0. The Morgan fingerprint density at radius 2 is 0.820 bits per heavy atom. The first-order chi connectivity index (χ1) is 30.2. The summed E-state index contributed by atoms with van der Waals surface area (Å²) >= 11 is 0. The molecule has 0 unspecified atom stereocenters. The van der Waals surface area contributed by atoms with Gasteiger partial charge in [-0.2, -0.15) is 0 Å². The normalized spacial score (nSPS) is 11.6. The van der Waals surface area contributed by atoms with Crippen LogP contribution in [-0.4, -0.2) is 0 Å². The fourth-order valence-corrected chi connectivity index (χ4v) is 9.14. The molecule has 2 heterocycles. The fraction of sp³-hybridized carbons (Fsp3) is 0. The second-order valence-electron chi connectivity index (χ2n) is 15.6. The van der Waals surface area contributed by atoms with E-state index in [4.69, 9.17) is 8.83 Å². The van der Waals surface area contributed by atoms with Gasteiger partial charge in [0.1, 0.15) is 22.3 Å². The van der Waals surface area contributed by atoms with Gasteiger partial charge >= 0.3 is 0 Å². The van der Waals surface area contributed by atoms with Gasteiger partial charge in [0.25, 0.3) is 0 Å². The summed E-state index contributed by atoms with van der Waals surface area (Å²) in [5.41, 5.74) is 15.9. The molecule has 0 aliphatic carbocycles. The summed E-state index contributed by atoms with van der Waals surface area (Å²) in [4.78, 5) is 2.38. The third kappa shape index (κ3) is 5.98. The monoisotopic (exact) mass is 779 g/mol. The van der Waals surface area contributed by atoms with Gasteiger partial charge in [-0.1, -0.05) is 170 Å². The van der Waals surface area contributed by atoms with E-state index in [9.17, 15) is 0 Å². The highest BCUT2D eigenvalue weighted by Crippen LogP contribution is 2.45. The number of hydrogen-bond acceptors (Lipinski definition) is 3. The smallest absolute Gasteiger partial charge is 0.143 e. The molecule has 286 valence electrons. The van der Waals surface area contributed by atoms with Crippen LogP contribution < -0.4 is 4.90 Å². The molecule has 61 heavy (non-hydrogen) atoms. The van der Waals surface area contributed by atoms with Crippen LogP contribution in [0.5, 0.6) is 0 Å². The quantitative estimate of drug-likeness (QED) is 0.161. The molecule has 0 radical (unpaired) electrons. The minimum atomic E-state index is 0.883. The van der Waals surface area contributed by atoms with E-state index in [0.29, 0.717) is 0 Å². The molecule has 2 aromatic heterocycles. The number of para-hydroxylation sites is 4. The minimum Gasteiger partial charge on any atom is -0.456 e. The Morgan fingerprint density at radius 1 is 0.279 bits per heavy atom. The topological polar surface area (TPSA) is 29.5 Å². The van der Waals surface area contributed by atoms with Crippen molar-refractivity contribution in [2.45, 2.75) is 0 Å². The molecule has 0 saturated heterocycles. The first kappa shape index (κ1) is 34.9. The van der Waals surface area contributed by atoms with Gasteiger partial charge in [-0.3, -0.25) is 0 Å². The predicted molar refractivity (Wildman–Crippen MR) is 255 cm³/mol. The van der Waals surface area contributed by atoms with Gasteiger partial charge in [0, 0.05) is 44.0 Å². The maximum Gasteiger partial charge on any atom is 0.143 e. The van der Waals surface area contributed by atoms with Gasteiger partial charge < -0.3 is 13.7 Å². The van der Waals surface area contributed by atoms with Gasteiger partial charge in [0.2, 0.25) is 0 Å². The Labute approximate surface area is 353 Å². The fourth-order valence-electron chi connectivity index (χ4n) is 9.14. The molecule has 0 spiro atoms. The highest BCUT2D eigenvalue weighted by molar-refractivity contribution is 6.11. The van der Waals surface area contributed by atoms with Gasteiger partial charge in [-0.05, 0) is 98.8 Å². The van der Waals surface area contributed by atoms with Crippen LogP contribution in [0.1, 0.15) is 0 Å². The standard InChI is InChI=1S/C58H37NO2/c1-2-16-46-40(12-1)13-10-20-47(46)41-28-26-38(27-29-41)42-14-9-15-45(36-42)59(44-33-30-39(31-34-44)43-32-35-57-53(37-43)50-19-5-7-24-55(50)60-57)54-23-6-3-17-48(54)51-21-11-22-52-49-18-4-8-25-56(49)61-58(51)52/h1-37H. The summed E-state index contributed by atoms with van der Waals surface area (Å²) in [7, 11) is 0. The highest BCUT2D eigenvalue weighted by atomic mass is 16.3. The number of hydrogen-bond donors (Lipinski definition) is 0. The van der Waals surface area contributed by atoms with Crippen LogP contribution in [0, 0.1) is 0 Å². The van der Waals surface area contributed by atoms with Gasteiger partial charge in [-0.15, -0.1) is 0 Å². The van der Waals surface area contributed by atoms with Crippen molar-refractivity contribution in [3.05, 3.63) is 224 Å². The van der Waals surface area contributed by atoms with E-state index in [1.165, 1.54) is 21.9 Å². The lowest BCUT2D eigenvalue weighted by Gasteiger charge is -2.28. The molecule has 0 fully saturated rings. The molecule has 12 aromatic rings.